The van der Waals surface area contributed by atoms with Gasteiger partial charge in [0.15, 0.2) is 0 Å². The zero-order valence-corrected chi connectivity index (χ0v) is 6.80. The molecule has 10 heavy (non-hydrogen) atoms. The van der Waals surface area contributed by atoms with Gasteiger partial charge in [-0.25, -0.2) is 0 Å². The molecule has 1 unspecified atom stereocenters. The number of aliphatic hydroxyl groups excluding tert-OH is 1. The maximum atomic E-state index is 8.88. The van der Waals surface area contributed by atoms with E-state index in [4.69, 9.17) is 10.8 Å². The third kappa shape index (κ3) is 2.99. The molecule has 0 saturated carbocycles. The SMILES string of the molecule is CC/C=C/C(C)(CN)CO. The molecule has 0 aromatic rings. The molecule has 60 valence electrons. The lowest BCUT2D eigenvalue weighted by atomic mass is 9.91. The topological polar surface area (TPSA) is 46.2 Å². The number of hydrogen-bond donors (Lipinski definition) is 2. The first-order valence-corrected chi connectivity index (χ1v) is 3.67. The third-order valence-electron chi connectivity index (χ3n) is 1.58. The highest BCUT2D eigenvalue weighted by Gasteiger charge is 2.16. The van der Waals surface area contributed by atoms with Crippen LogP contribution >= 0.6 is 0 Å². The highest BCUT2D eigenvalue weighted by Crippen LogP contribution is 2.14. The van der Waals surface area contributed by atoms with Gasteiger partial charge in [0.25, 0.3) is 0 Å². The summed E-state index contributed by atoms with van der Waals surface area (Å²) in [7, 11) is 0. The molecule has 0 heterocycles. The van der Waals surface area contributed by atoms with Crippen molar-refractivity contribution < 1.29 is 5.11 Å². The largest absolute Gasteiger partial charge is 0.395 e. The van der Waals surface area contributed by atoms with E-state index in [1.807, 2.05) is 19.1 Å². The van der Waals surface area contributed by atoms with E-state index in [2.05, 4.69) is 6.92 Å². The zero-order chi connectivity index (χ0) is 8.04. The van der Waals surface area contributed by atoms with Gasteiger partial charge in [0.2, 0.25) is 0 Å². The molecule has 3 N–H and O–H groups in total. The molecule has 0 aliphatic rings. The fourth-order valence-corrected chi connectivity index (χ4v) is 0.588. The van der Waals surface area contributed by atoms with Crippen molar-refractivity contribution in [1.82, 2.24) is 0 Å². The Hall–Kier alpha value is -0.340. The summed E-state index contributed by atoms with van der Waals surface area (Å²) in [6.45, 7) is 4.63. The summed E-state index contributed by atoms with van der Waals surface area (Å²) in [4.78, 5) is 0. The molecule has 0 aromatic carbocycles. The molecular weight excluding hydrogens is 126 g/mol. The van der Waals surface area contributed by atoms with Crippen LogP contribution in [0.2, 0.25) is 0 Å². The van der Waals surface area contributed by atoms with Gasteiger partial charge in [-0.15, -0.1) is 0 Å². The first kappa shape index (κ1) is 9.66. The van der Waals surface area contributed by atoms with E-state index < -0.39 is 0 Å². The van der Waals surface area contributed by atoms with Crippen molar-refractivity contribution in [2.75, 3.05) is 13.2 Å². The molecule has 0 aliphatic heterocycles. The van der Waals surface area contributed by atoms with Crippen molar-refractivity contribution in [2.24, 2.45) is 11.1 Å². The Kier molecular flexibility index (Phi) is 4.32. The summed E-state index contributed by atoms with van der Waals surface area (Å²) in [5.74, 6) is 0. The molecule has 0 amide bonds. The van der Waals surface area contributed by atoms with Crippen LogP contribution in [-0.4, -0.2) is 18.3 Å². The van der Waals surface area contributed by atoms with Gasteiger partial charge >= 0.3 is 0 Å². The van der Waals surface area contributed by atoms with Gasteiger partial charge in [-0.3, -0.25) is 0 Å². The first-order chi connectivity index (χ1) is 4.68. The van der Waals surface area contributed by atoms with Gasteiger partial charge in [-0.2, -0.15) is 0 Å². The van der Waals surface area contributed by atoms with Crippen LogP contribution in [0.25, 0.3) is 0 Å². The average molecular weight is 143 g/mol. The zero-order valence-electron chi connectivity index (χ0n) is 6.80. The lowest BCUT2D eigenvalue weighted by Crippen LogP contribution is -2.28. The van der Waals surface area contributed by atoms with Crippen LogP contribution in [0, 0.1) is 5.41 Å². The van der Waals surface area contributed by atoms with Gasteiger partial charge in [0, 0.05) is 12.0 Å². The molecule has 0 rings (SSSR count). The average Bonchev–Trinajstić information content (AvgIpc) is 2.00. The summed E-state index contributed by atoms with van der Waals surface area (Å²) >= 11 is 0. The van der Waals surface area contributed by atoms with E-state index in [0.717, 1.165) is 6.42 Å². The summed E-state index contributed by atoms with van der Waals surface area (Å²) in [6.07, 6.45) is 5.01. The van der Waals surface area contributed by atoms with E-state index >= 15 is 0 Å². The molecule has 2 nitrogen and oxygen atoms in total. The van der Waals surface area contributed by atoms with E-state index in [0.29, 0.717) is 6.54 Å². The smallest absolute Gasteiger partial charge is 0.0531 e. The molecule has 0 radical (unpaired) electrons. The summed E-state index contributed by atoms with van der Waals surface area (Å²) < 4.78 is 0. The monoisotopic (exact) mass is 143 g/mol. The van der Waals surface area contributed by atoms with Crippen LogP contribution in [0.5, 0.6) is 0 Å². The molecule has 0 aromatic heterocycles. The van der Waals surface area contributed by atoms with Crippen LogP contribution in [0.4, 0.5) is 0 Å². The maximum Gasteiger partial charge on any atom is 0.0531 e. The lowest BCUT2D eigenvalue weighted by molar-refractivity contribution is 0.190. The molecule has 0 spiro atoms. The van der Waals surface area contributed by atoms with Gasteiger partial charge in [0.05, 0.1) is 6.61 Å². The second-order valence-electron chi connectivity index (χ2n) is 2.83. The molecule has 1 atom stereocenters. The number of rotatable bonds is 4. The standard InChI is InChI=1S/C8H17NO/c1-3-4-5-8(2,6-9)7-10/h4-5,10H,3,6-7,9H2,1-2H3/b5-4+. The van der Waals surface area contributed by atoms with E-state index in [-0.39, 0.29) is 12.0 Å². The van der Waals surface area contributed by atoms with Crippen molar-refractivity contribution in [3.8, 4) is 0 Å². The summed E-state index contributed by atoms with van der Waals surface area (Å²) in [5, 5.41) is 8.88. The van der Waals surface area contributed by atoms with Crippen LogP contribution in [0.3, 0.4) is 0 Å². The second kappa shape index (κ2) is 4.47. The highest BCUT2D eigenvalue weighted by molar-refractivity contribution is 4.97. The Bertz CT molecular complexity index is 106. The van der Waals surface area contributed by atoms with Gasteiger partial charge in [-0.1, -0.05) is 26.0 Å². The Balaban J connectivity index is 3.92. The van der Waals surface area contributed by atoms with Crippen molar-refractivity contribution in [3.63, 3.8) is 0 Å². The van der Waals surface area contributed by atoms with Crippen LogP contribution in [0.15, 0.2) is 12.2 Å². The van der Waals surface area contributed by atoms with E-state index in [1.54, 1.807) is 0 Å². The molecule has 0 bridgehead atoms. The van der Waals surface area contributed by atoms with Crippen LogP contribution in [-0.2, 0) is 0 Å². The number of hydrogen-bond acceptors (Lipinski definition) is 2. The van der Waals surface area contributed by atoms with Gasteiger partial charge < -0.3 is 10.8 Å². The first-order valence-electron chi connectivity index (χ1n) is 3.67. The minimum absolute atomic E-state index is 0.125. The van der Waals surface area contributed by atoms with Crippen LogP contribution in [0.1, 0.15) is 20.3 Å². The minimum Gasteiger partial charge on any atom is -0.395 e. The van der Waals surface area contributed by atoms with Crippen molar-refractivity contribution in [2.45, 2.75) is 20.3 Å². The molecule has 0 fully saturated rings. The molecular formula is C8H17NO. The highest BCUT2D eigenvalue weighted by atomic mass is 16.3. The lowest BCUT2D eigenvalue weighted by Gasteiger charge is -2.20. The fraction of sp³-hybridized carbons (Fsp3) is 0.750. The van der Waals surface area contributed by atoms with Crippen molar-refractivity contribution in [3.05, 3.63) is 12.2 Å². The molecule has 2 heteroatoms. The molecule has 0 saturated heterocycles. The Morgan fingerprint density at radius 2 is 2.20 bits per heavy atom. The predicted octanol–water partition coefficient (Wildman–Crippen LogP) is 0.910. The van der Waals surface area contributed by atoms with Crippen molar-refractivity contribution >= 4 is 0 Å². The summed E-state index contributed by atoms with van der Waals surface area (Å²) in [5.41, 5.74) is 5.23. The summed E-state index contributed by atoms with van der Waals surface area (Å²) in [6, 6.07) is 0. The Morgan fingerprint density at radius 3 is 2.50 bits per heavy atom. The molecule has 0 aliphatic carbocycles. The Morgan fingerprint density at radius 1 is 1.60 bits per heavy atom. The maximum absolute atomic E-state index is 8.88. The van der Waals surface area contributed by atoms with Gasteiger partial charge in [0.1, 0.15) is 0 Å². The van der Waals surface area contributed by atoms with E-state index in [9.17, 15) is 0 Å². The minimum atomic E-state index is -0.212. The van der Waals surface area contributed by atoms with Crippen molar-refractivity contribution in [1.29, 1.82) is 0 Å². The number of aliphatic hydroxyl groups is 1. The number of allylic oxidation sites excluding steroid dienone is 1. The third-order valence-corrected chi connectivity index (χ3v) is 1.58. The van der Waals surface area contributed by atoms with Crippen LogP contribution < -0.4 is 5.73 Å². The van der Waals surface area contributed by atoms with E-state index in [1.165, 1.54) is 0 Å². The Labute approximate surface area is 62.7 Å². The number of nitrogens with two attached hydrogens (primary N) is 1. The van der Waals surface area contributed by atoms with Gasteiger partial charge in [-0.05, 0) is 6.42 Å². The quantitative estimate of drug-likeness (QED) is 0.575. The second-order valence-corrected chi connectivity index (χ2v) is 2.83. The predicted molar refractivity (Wildman–Crippen MR) is 43.7 cm³/mol. The normalized spacial score (nSPS) is 17.6. The fourth-order valence-electron chi connectivity index (χ4n) is 0.588.